The third-order valence-electron chi connectivity index (χ3n) is 5.03. The Morgan fingerprint density at radius 1 is 1.11 bits per heavy atom. The van der Waals surface area contributed by atoms with Crippen LogP contribution < -0.4 is 5.32 Å². The van der Waals surface area contributed by atoms with Gasteiger partial charge in [0.1, 0.15) is 5.82 Å². The van der Waals surface area contributed by atoms with Crippen LogP contribution in [0.5, 0.6) is 0 Å². The maximum absolute atomic E-state index is 13.9. The van der Waals surface area contributed by atoms with Crippen LogP contribution in [0.25, 0.3) is 0 Å². The highest BCUT2D eigenvalue weighted by atomic mass is 35.5. The van der Waals surface area contributed by atoms with Crippen LogP contribution >= 0.6 is 34.8 Å². The predicted octanol–water partition coefficient (Wildman–Crippen LogP) is 5.71. The standard InChI is InChI=1S/C20H19Cl3FNO2/c1-12(15-10-18(24)17(23)11-16(15)22)25-19(26)20(6-8-27-9-7-20)13-2-4-14(21)5-3-13/h2-5,10-12H,6-9H2,1H3,(H,25,26). The average molecular weight is 431 g/mol. The first-order valence-corrected chi connectivity index (χ1v) is 9.76. The van der Waals surface area contributed by atoms with Crippen LogP contribution in [-0.4, -0.2) is 19.1 Å². The number of ether oxygens (including phenoxy) is 1. The van der Waals surface area contributed by atoms with Crippen molar-refractivity contribution in [3.63, 3.8) is 0 Å². The molecule has 0 spiro atoms. The van der Waals surface area contributed by atoms with E-state index in [1.54, 1.807) is 19.1 Å². The summed E-state index contributed by atoms with van der Waals surface area (Å²) in [6.07, 6.45) is 1.10. The summed E-state index contributed by atoms with van der Waals surface area (Å²) in [6.45, 7) is 2.74. The summed E-state index contributed by atoms with van der Waals surface area (Å²) in [5.41, 5.74) is 0.632. The molecular weight excluding hydrogens is 412 g/mol. The van der Waals surface area contributed by atoms with Crippen LogP contribution in [0.15, 0.2) is 36.4 Å². The van der Waals surface area contributed by atoms with E-state index in [9.17, 15) is 9.18 Å². The summed E-state index contributed by atoms with van der Waals surface area (Å²) in [4.78, 5) is 13.3. The molecule has 0 saturated carbocycles. The SMILES string of the molecule is CC(NC(=O)C1(c2ccc(Cl)cc2)CCOCC1)c1cc(F)c(Cl)cc1Cl. The van der Waals surface area contributed by atoms with E-state index in [0.29, 0.717) is 41.7 Å². The molecule has 0 radical (unpaired) electrons. The van der Waals surface area contributed by atoms with E-state index in [-0.39, 0.29) is 10.9 Å². The zero-order valence-corrected chi connectivity index (χ0v) is 17.0. The first kappa shape index (κ1) is 20.4. The van der Waals surface area contributed by atoms with Crippen molar-refractivity contribution >= 4 is 40.7 Å². The summed E-state index contributed by atoms with van der Waals surface area (Å²) >= 11 is 18.0. The molecule has 1 unspecified atom stereocenters. The molecule has 144 valence electrons. The van der Waals surface area contributed by atoms with Gasteiger partial charge in [0.15, 0.2) is 0 Å². The highest BCUT2D eigenvalue weighted by molar-refractivity contribution is 6.35. The molecule has 7 heteroatoms. The minimum Gasteiger partial charge on any atom is -0.381 e. The maximum Gasteiger partial charge on any atom is 0.231 e. The van der Waals surface area contributed by atoms with E-state index in [4.69, 9.17) is 39.5 Å². The van der Waals surface area contributed by atoms with Gasteiger partial charge in [-0.1, -0.05) is 46.9 Å². The van der Waals surface area contributed by atoms with Gasteiger partial charge >= 0.3 is 0 Å². The summed E-state index contributed by atoms with van der Waals surface area (Å²) in [5.74, 6) is -0.720. The molecule has 3 rings (SSSR count). The van der Waals surface area contributed by atoms with Crippen molar-refractivity contribution in [3.05, 3.63) is 68.4 Å². The molecule has 1 N–H and O–H groups in total. The molecule has 27 heavy (non-hydrogen) atoms. The minimum atomic E-state index is -0.728. The van der Waals surface area contributed by atoms with E-state index < -0.39 is 17.3 Å². The van der Waals surface area contributed by atoms with E-state index in [2.05, 4.69) is 5.32 Å². The first-order chi connectivity index (χ1) is 12.8. The molecule has 0 aliphatic carbocycles. The fraction of sp³-hybridized carbons (Fsp3) is 0.350. The van der Waals surface area contributed by atoms with Crippen molar-refractivity contribution < 1.29 is 13.9 Å². The van der Waals surface area contributed by atoms with Gasteiger partial charge in [-0.3, -0.25) is 4.79 Å². The monoisotopic (exact) mass is 429 g/mol. The third kappa shape index (κ3) is 4.24. The average Bonchev–Trinajstić information content (AvgIpc) is 2.65. The Bertz CT molecular complexity index is 836. The van der Waals surface area contributed by atoms with E-state index in [1.165, 1.54) is 12.1 Å². The molecule has 3 nitrogen and oxygen atoms in total. The number of hydrogen-bond donors (Lipinski definition) is 1. The molecule has 0 aromatic heterocycles. The Labute approximate surface area is 172 Å². The van der Waals surface area contributed by atoms with E-state index in [1.807, 2.05) is 12.1 Å². The van der Waals surface area contributed by atoms with Crippen LogP contribution in [0.3, 0.4) is 0 Å². The van der Waals surface area contributed by atoms with Crippen LogP contribution in [0.2, 0.25) is 15.1 Å². The Kier molecular flexibility index (Phi) is 6.32. The van der Waals surface area contributed by atoms with Gasteiger partial charge in [0.05, 0.1) is 16.5 Å². The number of carbonyl (C=O) groups excluding carboxylic acids is 1. The van der Waals surface area contributed by atoms with Gasteiger partial charge < -0.3 is 10.1 Å². The Hall–Kier alpha value is -1.33. The third-order valence-corrected chi connectivity index (χ3v) is 5.90. The van der Waals surface area contributed by atoms with Crippen molar-refractivity contribution in [2.24, 2.45) is 0 Å². The molecular formula is C20H19Cl3FNO2. The number of nitrogens with one attached hydrogen (secondary N) is 1. The van der Waals surface area contributed by atoms with Gasteiger partial charge in [-0.25, -0.2) is 4.39 Å². The number of hydrogen-bond acceptors (Lipinski definition) is 2. The van der Waals surface area contributed by atoms with Gasteiger partial charge in [-0.2, -0.15) is 0 Å². The van der Waals surface area contributed by atoms with Gasteiger partial charge in [0.25, 0.3) is 0 Å². The quantitative estimate of drug-likeness (QED) is 0.631. The fourth-order valence-corrected chi connectivity index (χ4v) is 4.09. The second kappa shape index (κ2) is 8.36. The van der Waals surface area contributed by atoms with Gasteiger partial charge in [-0.05, 0) is 55.2 Å². The lowest BCUT2D eigenvalue weighted by atomic mass is 9.73. The molecule has 0 bridgehead atoms. The Morgan fingerprint density at radius 2 is 1.74 bits per heavy atom. The molecule has 1 atom stereocenters. The van der Waals surface area contributed by atoms with E-state index in [0.717, 1.165) is 5.56 Å². The molecule has 2 aromatic carbocycles. The summed E-state index contributed by atoms with van der Waals surface area (Å²) in [6, 6.07) is 9.41. The van der Waals surface area contributed by atoms with Gasteiger partial charge in [-0.15, -0.1) is 0 Å². The topological polar surface area (TPSA) is 38.3 Å². The molecule has 1 aliphatic rings. The molecule has 1 aliphatic heterocycles. The molecule has 1 amide bonds. The lowest BCUT2D eigenvalue weighted by Crippen LogP contribution is -2.48. The van der Waals surface area contributed by atoms with Crippen LogP contribution in [-0.2, 0) is 14.9 Å². The highest BCUT2D eigenvalue weighted by Crippen LogP contribution is 2.37. The summed E-state index contributed by atoms with van der Waals surface area (Å²) in [5, 5.41) is 3.85. The molecule has 1 fully saturated rings. The number of amides is 1. The van der Waals surface area contributed by atoms with Crippen LogP contribution in [0.4, 0.5) is 4.39 Å². The number of carbonyl (C=O) groups is 1. The molecule has 1 heterocycles. The zero-order valence-electron chi connectivity index (χ0n) is 14.7. The van der Waals surface area contributed by atoms with Crippen molar-refractivity contribution in [2.75, 3.05) is 13.2 Å². The Morgan fingerprint density at radius 3 is 2.37 bits per heavy atom. The van der Waals surface area contributed by atoms with Crippen molar-refractivity contribution in [1.29, 1.82) is 0 Å². The Balaban J connectivity index is 1.89. The van der Waals surface area contributed by atoms with Crippen molar-refractivity contribution in [2.45, 2.75) is 31.2 Å². The lowest BCUT2D eigenvalue weighted by Gasteiger charge is -2.37. The van der Waals surface area contributed by atoms with Gasteiger partial charge in [0.2, 0.25) is 5.91 Å². The van der Waals surface area contributed by atoms with Crippen LogP contribution in [0.1, 0.15) is 36.9 Å². The molecule has 1 saturated heterocycles. The number of benzene rings is 2. The highest BCUT2D eigenvalue weighted by Gasteiger charge is 2.42. The largest absolute Gasteiger partial charge is 0.381 e. The summed E-state index contributed by atoms with van der Waals surface area (Å²) < 4.78 is 19.3. The summed E-state index contributed by atoms with van der Waals surface area (Å²) in [7, 11) is 0. The van der Waals surface area contributed by atoms with Crippen LogP contribution in [0, 0.1) is 5.82 Å². The minimum absolute atomic E-state index is 0.0515. The van der Waals surface area contributed by atoms with Crippen molar-refractivity contribution in [3.8, 4) is 0 Å². The second-order valence-corrected chi connectivity index (χ2v) is 7.94. The predicted molar refractivity (Wildman–Crippen MR) is 106 cm³/mol. The maximum atomic E-state index is 13.9. The lowest BCUT2D eigenvalue weighted by molar-refractivity contribution is -0.131. The smallest absolute Gasteiger partial charge is 0.231 e. The number of rotatable bonds is 4. The zero-order chi connectivity index (χ0) is 19.6. The second-order valence-electron chi connectivity index (χ2n) is 6.68. The molecule has 2 aromatic rings. The van der Waals surface area contributed by atoms with Gasteiger partial charge in [0, 0.05) is 23.3 Å². The first-order valence-electron chi connectivity index (χ1n) is 8.63. The number of halogens is 4. The fourth-order valence-electron chi connectivity index (χ4n) is 3.42. The van der Waals surface area contributed by atoms with Crippen molar-refractivity contribution in [1.82, 2.24) is 5.32 Å². The normalized spacial score (nSPS) is 17.4. The van der Waals surface area contributed by atoms with E-state index >= 15 is 0 Å².